The van der Waals surface area contributed by atoms with Crippen molar-refractivity contribution in [2.24, 2.45) is 0 Å². The lowest BCUT2D eigenvalue weighted by molar-refractivity contribution is 0.517. The van der Waals surface area contributed by atoms with Crippen LogP contribution in [0.4, 0.5) is 5.69 Å². The smallest absolute Gasteiger partial charge is 0.408 e. The number of fused-ring (bicyclic) bond motifs is 1. The van der Waals surface area contributed by atoms with Crippen LogP contribution in [0.1, 0.15) is 5.56 Å². The number of nitrogens with one attached hydrogen (secondary N) is 1. The fourth-order valence-corrected chi connectivity index (χ4v) is 2.51. The first-order valence-electron chi connectivity index (χ1n) is 6.23. The molecular formula is C15H13BrN2O2. The van der Waals surface area contributed by atoms with Crippen LogP contribution in [-0.2, 0) is 6.54 Å². The fraction of sp³-hybridized carbons (Fsp3) is 0.133. The second kappa shape index (κ2) is 5.17. The van der Waals surface area contributed by atoms with Crippen molar-refractivity contribution in [3.63, 3.8) is 0 Å². The molecule has 1 N–H and O–H groups in total. The van der Waals surface area contributed by atoms with Crippen LogP contribution in [0.5, 0.6) is 0 Å². The first-order valence-corrected chi connectivity index (χ1v) is 7.03. The first-order chi connectivity index (χ1) is 9.69. The topological polar surface area (TPSA) is 47.2 Å². The van der Waals surface area contributed by atoms with Crippen molar-refractivity contribution in [1.29, 1.82) is 0 Å². The third-order valence-electron chi connectivity index (χ3n) is 3.21. The number of nitrogens with zero attached hydrogens (tertiary/aromatic N) is 1. The second-order valence-corrected chi connectivity index (χ2v) is 5.40. The minimum absolute atomic E-state index is 0.342. The normalized spacial score (nSPS) is 10.9. The molecule has 0 amide bonds. The number of hydrogen-bond donors (Lipinski definition) is 1. The predicted octanol–water partition coefficient (Wildman–Crippen LogP) is 3.45. The van der Waals surface area contributed by atoms with Gasteiger partial charge in [-0.1, -0.05) is 34.1 Å². The van der Waals surface area contributed by atoms with Crippen LogP contribution < -0.4 is 11.1 Å². The molecule has 0 aliphatic rings. The Morgan fingerprint density at radius 1 is 1.20 bits per heavy atom. The summed E-state index contributed by atoms with van der Waals surface area (Å²) in [7, 11) is 1.83. The van der Waals surface area contributed by atoms with E-state index in [9.17, 15) is 4.79 Å². The summed E-state index contributed by atoms with van der Waals surface area (Å²) in [6, 6.07) is 13.5. The summed E-state index contributed by atoms with van der Waals surface area (Å²) >= 11 is 3.40. The van der Waals surface area contributed by atoms with Gasteiger partial charge in [0.2, 0.25) is 0 Å². The molecule has 3 aromatic rings. The summed E-state index contributed by atoms with van der Waals surface area (Å²) in [6.45, 7) is 0.484. The highest BCUT2D eigenvalue weighted by Crippen LogP contribution is 2.23. The maximum atomic E-state index is 12.0. The quantitative estimate of drug-likeness (QED) is 0.799. The Bertz CT molecular complexity index is 803. The summed E-state index contributed by atoms with van der Waals surface area (Å²) < 4.78 is 7.95. The highest BCUT2D eigenvalue weighted by molar-refractivity contribution is 9.10. The average Bonchev–Trinajstić information content (AvgIpc) is 2.77. The Hall–Kier alpha value is -2.01. The molecule has 0 fully saturated rings. The molecule has 0 saturated heterocycles. The highest BCUT2D eigenvalue weighted by Gasteiger charge is 2.12. The van der Waals surface area contributed by atoms with E-state index in [1.54, 1.807) is 10.6 Å². The Morgan fingerprint density at radius 3 is 2.65 bits per heavy atom. The molecule has 0 aliphatic carbocycles. The van der Waals surface area contributed by atoms with Gasteiger partial charge in [0.25, 0.3) is 0 Å². The molecule has 0 bridgehead atoms. The predicted molar refractivity (Wildman–Crippen MR) is 83.3 cm³/mol. The molecule has 1 aromatic heterocycles. The molecule has 0 saturated carbocycles. The Kier molecular flexibility index (Phi) is 3.36. The van der Waals surface area contributed by atoms with Crippen molar-refractivity contribution in [2.45, 2.75) is 6.54 Å². The van der Waals surface area contributed by atoms with E-state index in [1.165, 1.54) is 0 Å². The number of halogens is 1. The van der Waals surface area contributed by atoms with Gasteiger partial charge in [0.15, 0.2) is 5.58 Å². The first kappa shape index (κ1) is 13.0. The molecule has 20 heavy (non-hydrogen) atoms. The summed E-state index contributed by atoms with van der Waals surface area (Å²) in [5.74, 6) is -0.342. The number of anilines is 1. The fourth-order valence-electron chi connectivity index (χ4n) is 2.24. The van der Waals surface area contributed by atoms with Gasteiger partial charge in [0.05, 0.1) is 12.2 Å². The SMILES string of the molecule is CNc1cccc2oc(=O)n(Cc3ccc(Br)cc3)c12. The molecule has 0 radical (unpaired) electrons. The van der Waals surface area contributed by atoms with Crippen molar-refractivity contribution in [1.82, 2.24) is 4.57 Å². The summed E-state index contributed by atoms with van der Waals surface area (Å²) in [5.41, 5.74) is 3.32. The third-order valence-corrected chi connectivity index (χ3v) is 3.74. The van der Waals surface area contributed by atoms with Crippen LogP contribution in [0.25, 0.3) is 11.1 Å². The summed E-state index contributed by atoms with van der Waals surface area (Å²) in [5, 5.41) is 3.09. The number of rotatable bonds is 3. The zero-order chi connectivity index (χ0) is 14.1. The Labute approximate surface area is 124 Å². The van der Waals surface area contributed by atoms with E-state index in [1.807, 2.05) is 43.4 Å². The van der Waals surface area contributed by atoms with Gasteiger partial charge >= 0.3 is 5.76 Å². The van der Waals surface area contributed by atoms with E-state index in [-0.39, 0.29) is 5.76 Å². The van der Waals surface area contributed by atoms with E-state index in [0.29, 0.717) is 12.1 Å². The molecule has 0 atom stereocenters. The summed E-state index contributed by atoms with van der Waals surface area (Å²) in [4.78, 5) is 12.0. The van der Waals surface area contributed by atoms with Gasteiger partial charge in [-0.15, -0.1) is 0 Å². The van der Waals surface area contributed by atoms with Gasteiger partial charge in [-0.3, -0.25) is 4.57 Å². The zero-order valence-electron chi connectivity index (χ0n) is 10.9. The Balaban J connectivity index is 2.13. The summed E-state index contributed by atoms with van der Waals surface area (Å²) in [6.07, 6.45) is 0. The lowest BCUT2D eigenvalue weighted by atomic mass is 10.2. The number of benzene rings is 2. The lowest BCUT2D eigenvalue weighted by Crippen LogP contribution is -2.15. The minimum atomic E-state index is -0.342. The van der Waals surface area contributed by atoms with Gasteiger partial charge in [-0.05, 0) is 29.8 Å². The van der Waals surface area contributed by atoms with Crippen LogP contribution in [0.2, 0.25) is 0 Å². The average molecular weight is 333 g/mol. The van der Waals surface area contributed by atoms with Crippen LogP contribution in [0, 0.1) is 0 Å². The van der Waals surface area contributed by atoms with Crippen LogP contribution in [0.15, 0.2) is 56.1 Å². The third kappa shape index (κ3) is 2.25. The van der Waals surface area contributed by atoms with Crippen LogP contribution in [-0.4, -0.2) is 11.6 Å². The van der Waals surface area contributed by atoms with Crippen molar-refractivity contribution in [3.05, 3.63) is 63.1 Å². The van der Waals surface area contributed by atoms with Gasteiger partial charge in [-0.25, -0.2) is 4.79 Å². The van der Waals surface area contributed by atoms with E-state index in [2.05, 4.69) is 21.2 Å². The minimum Gasteiger partial charge on any atom is -0.408 e. The van der Waals surface area contributed by atoms with Crippen molar-refractivity contribution >= 4 is 32.7 Å². The molecule has 4 nitrogen and oxygen atoms in total. The monoisotopic (exact) mass is 332 g/mol. The molecule has 3 rings (SSSR count). The van der Waals surface area contributed by atoms with E-state index in [0.717, 1.165) is 21.2 Å². The zero-order valence-corrected chi connectivity index (χ0v) is 12.5. The number of aromatic nitrogens is 1. The molecule has 0 unspecified atom stereocenters. The molecule has 1 heterocycles. The second-order valence-electron chi connectivity index (χ2n) is 4.48. The molecule has 0 aliphatic heterocycles. The number of hydrogen-bond acceptors (Lipinski definition) is 3. The number of para-hydroxylation sites is 1. The van der Waals surface area contributed by atoms with Gasteiger partial charge in [0.1, 0.15) is 5.52 Å². The van der Waals surface area contributed by atoms with Crippen LogP contribution in [0.3, 0.4) is 0 Å². The molecule has 102 valence electrons. The molecule has 5 heteroatoms. The largest absolute Gasteiger partial charge is 0.420 e. The lowest BCUT2D eigenvalue weighted by Gasteiger charge is -2.06. The highest BCUT2D eigenvalue weighted by atomic mass is 79.9. The van der Waals surface area contributed by atoms with E-state index < -0.39 is 0 Å². The van der Waals surface area contributed by atoms with E-state index >= 15 is 0 Å². The van der Waals surface area contributed by atoms with E-state index in [4.69, 9.17) is 4.42 Å². The molecular weight excluding hydrogens is 320 g/mol. The van der Waals surface area contributed by atoms with Crippen molar-refractivity contribution < 1.29 is 4.42 Å². The van der Waals surface area contributed by atoms with Crippen molar-refractivity contribution in [2.75, 3.05) is 12.4 Å². The molecule has 0 spiro atoms. The Morgan fingerprint density at radius 2 is 1.95 bits per heavy atom. The maximum absolute atomic E-state index is 12.0. The van der Waals surface area contributed by atoms with Crippen molar-refractivity contribution in [3.8, 4) is 0 Å². The standard InChI is InChI=1S/C15H13BrN2O2/c1-17-12-3-2-4-13-14(12)18(15(19)20-13)9-10-5-7-11(16)8-6-10/h2-8,17H,9H2,1H3. The molecule has 2 aromatic carbocycles. The number of oxazole rings is 1. The van der Waals surface area contributed by atoms with Gasteiger partial charge in [-0.2, -0.15) is 0 Å². The van der Waals surface area contributed by atoms with Crippen LogP contribution >= 0.6 is 15.9 Å². The van der Waals surface area contributed by atoms with Gasteiger partial charge < -0.3 is 9.73 Å². The van der Waals surface area contributed by atoms with Gasteiger partial charge in [0, 0.05) is 11.5 Å². The maximum Gasteiger partial charge on any atom is 0.420 e.